The number of urea groups is 1. The molecule has 0 saturated carbocycles. The highest BCUT2D eigenvalue weighted by Crippen LogP contribution is 2.24. The second kappa shape index (κ2) is 12.0. The molecule has 3 aromatic rings. The maximum Gasteiger partial charge on any atom is 0.323 e. The molecule has 182 valence electrons. The number of hydrogen-bond acceptors (Lipinski definition) is 5. The van der Waals surface area contributed by atoms with Crippen LogP contribution in [0, 0.1) is 0 Å². The predicted octanol–water partition coefficient (Wildman–Crippen LogP) is 4.14. The Labute approximate surface area is 205 Å². The van der Waals surface area contributed by atoms with Crippen molar-refractivity contribution in [3.63, 3.8) is 0 Å². The molecule has 8 heteroatoms. The van der Waals surface area contributed by atoms with Crippen LogP contribution in [0.15, 0.2) is 78.9 Å². The number of benzene rings is 3. The SMILES string of the molecule is COc1ccc(C(CNC(=O)c2ccc(NC(=O)Nc3ccccc3)cc2)N2CCOCC2)cc1. The van der Waals surface area contributed by atoms with E-state index in [9.17, 15) is 9.59 Å². The molecule has 0 bridgehead atoms. The second-order valence-corrected chi connectivity index (χ2v) is 8.17. The Hall–Kier alpha value is -3.88. The zero-order valence-electron chi connectivity index (χ0n) is 19.7. The molecule has 1 aliphatic rings. The molecule has 0 aliphatic carbocycles. The Morgan fingerprint density at radius 1 is 0.886 bits per heavy atom. The number of carbonyl (C=O) groups excluding carboxylic acids is 2. The first-order valence-corrected chi connectivity index (χ1v) is 11.6. The van der Waals surface area contributed by atoms with Crippen molar-refractivity contribution in [2.45, 2.75) is 6.04 Å². The molecular weight excluding hydrogens is 444 g/mol. The van der Waals surface area contributed by atoms with Crippen molar-refractivity contribution in [3.05, 3.63) is 90.0 Å². The lowest BCUT2D eigenvalue weighted by Crippen LogP contribution is -2.43. The Balaban J connectivity index is 1.35. The number of nitrogens with one attached hydrogen (secondary N) is 3. The van der Waals surface area contributed by atoms with E-state index in [4.69, 9.17) is 9.47 Å². The van der Waals surface area contributed by atoms with Crippen LogP contribution in [0.1, 0.15) is 22.0 Å². The molecule has 1 saturated heterocycles. The number of anilines is 2. The summed E-state index contributed by atoms with van der Waals surface area (Å²) in [5, 5.41) is 8.60. The molecule has 3 N–H and O–H groups in total. The van der Waals surface area contributed by atoms with Gasteiger partial charge in [0.15, 0.2) is 0 Å². The molecule has 4 rings (SSSR count). The van der Waals surface area contributed by atoms with Gasteiger partial charge in [0.1, 0.15) is 5.75 Å². The summed E-state index contributed by atoms with van der Waals surface area (Å²) in [6.45, 7) is 3.42. The summed E-state index contributed by atoms with van der Waals surface area (Å²) >= 11 is 0. The van der Waals surface area contributed by atoms with Crippen molar-refractivity contribution in [1.29, 1.82) is 0 Å². The molecule has 8 nitrogen and oxygen atoms in total. The third kappa shape index (κ3) is 6.81. The highest BCUT2D eigenvalue weighted by Gasteiger charge is 2.23. The first-order chi connectivity index (χ1) is 17.1. The average Bonchev–Trinajstić information content (AvgIpc) is 2.90. The molecule has 1 heterocycles. The fraction of sp³-hybridized carbons (Fsp3) is 0.259. The van der Waals surface area contributed by atoms with Crippen molar-refractivity contribution in [2.24, 2.45) is 0 Å². The van der Waals surface area contributed by atoms with Crippen LogP contribution >= 0.6 is 0 Å². The normalized spacial score (nSPS) is 14.5. The maximum atomic E-state index is 12.9. The van der Waals surface area contributed by atoms with Gasteiger partial charge in [-0.2, -0.15) is 0 Å². The lowest BCUT2D eigenvalue weighted by molar-refractivity contribution is 0.0162. The summed E-state index contributed by atoms with van der Waals surface area (Å²) in [6.07, 6.45) is 0. The lowest BCUT2D eigenvalue weighted by Gasteiger charge is -2.35. The van der Waals surface area contributed by atoms with Gasteiger partial charge in [-0.3, -0.25) is 9.69 Å². The van der Waals surface area contributed by atoms with Crippen molar-refractivity contribution < 1.29 is 19.1 Å². The van der Waals surface area contributed by atoms with Crippen molar-refractivity contribution >= 4 is 23.3 Å². The molecule has 0 spiro atoms. The van der Waals surface area contributed by atoms with Gasteiger partial charge >= 0.3 is 6.03 Å². The molecule has 3 aromatic carbocycles. The first-order valence-electron chi connectivity index (χ1n) is 11.6. The fourth-order valence-electron chi connectivity index (χ4n) is 3.98. The summed E-state index contributed by atoms with van der Waals surface area (Å²) in [4.78, 5) is 27.4. The van der Waals surface area contributed by atoms with Gasteiger partial charge in [0.05, 0.1) is 26.4 Å². The van der Waals surface area contributed by atoms with E-state index in [-0.39, 0.29) is 18.0 Å². The molecule has 3 amide bonds. The van der Waals surface area contributed by atoms with Gasteiger partial charge in [0.2, 0.25) is 0 Å². The van der Waals surface area contributed by atoms with E-state index in [1.165, 1.54) is 0 Å². The van der Waals surface area contributed by atoms with Crippen molar-refractivity contribution in [1.82, 2.24) is 10.2 Å². The number of nitrogens with zero attached hydrogens (tertiary/aromatic N) is 1. The van der Waals surface area contributed by atoms with Gasteiger partial charge < -0.3 is 25.4 Å². The van der Waals surface area contributed by atoms with E-state index >= 15 is 0 Å². The van der Waals surface area contributed by atoms with Crippen LogP contribution in [0.4, 0.5) is 16.2 Å². The van der Waals surface area contributed by atoms with Gasteiger partial charge in [0, 0.05) is 36.6 Å². The standard InChI is InChI=1S/C27H30N4O4/c1-34-24-13-9-20(10-14-24)25(31-15-17-35-18-16-31)19-28-26(32)21-7-11-23(12-8-21)30-27(33)29-22-5-3-2-4-6-22/h2-14,25H,15-19H2,1H3,(H,28,32)(H2,29,30,33). The van der Waals surface area contributed by atoms with E-state index in [0.29, 0.717) is 36.7 Å². The maximum absolute atomic E-state index is 12.9. The number of carbonyl (C=O) groups is 2. The summed E-state index contributed by atoms with van der Waals surface area (Å²) < 4.78 is 10.8. The minimum absolute atomic E-state index is 0.0244. The molecule has 1 aliphatic heterocycles. The van der Waals surface area contributed by atoms with E-state index in [1.54, 1.807) is 31.4 Å². The van der Waals surface area contributed by atoms with Crippen LogP contribution in [0.2, 0.25) is 0 Å². The smallest absolute Gasteiger partial charge is 0.323 e. The Kier molecular flexibility index (Phi) is 8.32. The number of amides is 3. The van der Waals surface area contributed by atoms with Crippen LogP contribution in [0.3, 0.4) is 0 Å². The van der Waals surface area contributed by atoms with Gasteiger partial charge in [0.25, 0.3) is 5.91 Å². The number of methoxy groups -OCH3 is 1. The molecule has 1 atom stereocenters. The summed E-state index contributed by atoms with van der Waals surface area (Å²) in [5.74, 6) is 0.627. The molecule has 0 radical (unpaired) electrons. The van der Waals surface area contributed by atoms with Gasteiger partial charge in [-0.25, -0.2) is 4.79 Å². The third-order valence-electron chi connectivity index (χ3n) is 5.88. The van der Waals surface area contributed by atoms with Crippen LogP contribution in [-0.2, 0) is 4.74 Å². The molecular formula is C27H30N4O4. The topological polar surface area (TPSA) is 91.9 Å². The minimum Gasteiger partial charge on any atom is -0.497 e. The van der Waals surface area contributed by atoms with Crippen LogP contribution in [0.25, 0.3) is 0 Å². The lowest BCUT2D eigenvalue weighted by atomic mass is 10.0. The highest BCUT2D eigenvalue weighted by atomic mass is 16.5. The van der Waals surface area contributed by atoms with Crippen molar-refractivity contribution in [2.75, 3.05) is 50.6 Å². The number of rotatable bonds is 8. The van der Waals surface area contributed by atoms with E-state index in [0.717, 1.165) is 24.4 Å². The summed E-state index contributed by atoms with van der Waals surface area (Å²) in [5.41, 5.74) is 2.93. The zero-order chi connectivity index (χ0) is 24.5. The van der Waals surface area contributed by atoms with Gasteiger partial charge in [-0.1, -0.05) is 30.3 Å². The number of ether oxygens (including phenoxy) is 2. The van der Waals surface area contributed by atoms with E-state index < -0.39 is 0 Å². The Morgan fingerprint density at radius 3 is 2.14 bits per heavy atom. The average molecular weight is 475 g/mol. The summed E-state index contributed by atoms with van der Waals surface area (Å²) in [6, 6.07) is 23.6. The third-order valence-corrected chi connectivity index (χ3v) is 5.88. The minimum atomic E-state index is -0.346. The van der Waals surface area contributed by atoms with Crippen molar-refractivity contribution in [3.8, 4) is 5.75 Å². The molecule has 1 fully saturated rings. The number of para-hydroxylation sites is 1. The second-order valence-electron chi connectivity index (χ2n) is 8.17. The van der Waals surface area contributed by atoms with Gasteiger partial charge in [-0.15, -0.1) is 0 Å². The van der Waals surface area contributed by atoms with Crippen LogP contribution in [0.5, 0.6) is 5.75 Å². The Morgan fingerprint density at radius 2 is 1.51 bits per heavy atom. The quantitative estimate of drug-likeness (QED) is 0.456. The first kappa shape index (κ1) is 24.3. The number of morpholine rings is 1. The molecule has 1 unspecified atom stereocenters. The largest absolute Gasteiger partial charge is 0.497 e. The van der Waals surface area contributed by atoms with E-state index in [1.807, 2.05) is 54.6 Å². The molecule has 35 heavy (non-hydrogen) atoms. The van der Waals surface area contributed by atoms with E-state index in [2.05, 4.69) is 20.9 Å². The monoisotopic (exact) mass is 474 g/mol. The fourth-order valence-corrected chi connectivity index (χ4v) is 3.98. The predicted molar refractivity (Wildman–Crippen MR) is 136 cm³/mol. The summed E-state index contributed by atoms with van der Waals surface area (Å²) in [7, 11) is 1.64. The number of hydrogen-bond donors (Lipinski definition) is 3. The zero-order valence-corrected chi connectivity index (χ0v) is 19.7. The highest BCUT2D eigenvalue weighted by molar-refractivity contribution is 6.00. The molecule has 0 aromatic heterocycles. The van der Waals surface area contributed by atoms with Gasteiger partial charge in [-0.05, 0) is 54.1 Å². The Bertz CT molecular complexity index is 1100. The van der Waals surface area contributed by atoms with Crippen LogP contribution < -0.4 is 20.7 Å². The van der Waals surface area contributed by atoms with Crippen LogP contribution in [-0.4, -0.2) is 56.8 Å².